The Morgan fingerprint density at radius 3 is 2.50 bits per heavy atom. The second-order valence-electron chi connectivity index (χ2n) is 6.45. The SMILES string of the molecule is CNC(=O)c1ccc(C2Nc3ccccc3C(=O)N2c2cccc(Cl)c2)cc1. The first-order valence-corrected chi connectivity index (χ1v) is 9.23. The fraction of sp³-hybridized carbons (Fsp3) is 0.0909. The maximum absolute atomic E-state index is 13.3. The second-order valence-corrected chi connectivity index (χ2v) is 6.89. The van der Waals surface area contributed by atoms with Crippen molar-refractivity contribution in [2.24, 2.45) is 0 Å². The van der Waals surface area contributed by atoms with Crippen LogP contribution in [0, 0.1) is 0 Å². The molecule has 1 heterocycles. The summed E-state index contributed by atoms with van der Waals surface area (Å²) in [5.41, 5.74) is 3.48. The normalized spacial score (nSPS) is 15.6. The van der Waals surface area contributed by atoms with Gasteiger partial charge in [0.15, 0.2) is 0 Å². The van der Waals surface area contributed by atoms with Crippen LogP contribution in [0.15, 0.2) is 72.8 Å². The Balaban J connectivity index is 1.80. The van der Waals surface area contributed by atoms with Crippen LogP contribution >= 0.6 is 11.6 Å². The van der Waals surface area contributed by atoms with Gasteiger partial charge in [-0.1, -0.05) is 41.9 Å². The van der Waals surface area contributed by atoms with Gasteiger partial charge in [0.05, 0.1) is 5.56 Å². The molecule has 3 aromatic carbocycles. The number of rotatable bonds is 3. The molecule has 1 aliphatic heterocycles. The van der Waals surface area contributed by atoms with Gasteiger partial charge in [0.25, 0.3) is 11.8 Å². The molecular weight excluding hydrogens is 374 g/mol. The van der Waals surface area contributed by atoms with Crippen LogP contribution in [0.1, 0.15) is 32.4 Å². The molecule has 2 amide bonds. The number of amides is 2. The number of carbonyl (C=O) groups is 2. The third-order valence-electron chi connectivity index (χ3n) is 4.73. The molecule has 5 nitrogen and oxygen atoms in total. The van der Waals surface area contributed by atoms with Crippen molar-refractivity contribution in [3.63, 3.8) is 0 Å². The molecule has 1 unspecified atom stereocenters. The Morgan fingerprint density at radius 1 is 1.04 bits per heavy atom. The van der Waals surface area contributed by atoms with Gasteiger partial charge < -0.3 is 10.6 Å². The Hall–Kier alpha value is -3.31. The van der Waals surface area contributed by atoms with E-state index in [1.807, 2.05) is 42.5 Å². The average Bonchev–Trinajstić information content (AvgIpc) is 2.73. The van der Waals surface area contributed by atoms with E-state index >= 15 is 0 Å². The van der Waals surface area contributed by atoms with Crippen LogP contribution in [-0.2, 0) is 0 Å². The van der Waals surface area contributed by atoms with Crippen molar-refractivity contribution in [1.82, 2.24) is 5.32 Å². The van der Waals surface area contributed by atoms with E-state index in [9.17, 15) is 9.59 Å². The number of anilines is 2. The van der Waals surface area contributed by atoms with Gasteiger partial charge in [-0.15, -0.1) is 0 Å². The summed E-state index contributed by atoms with van der Waals surface area (Å²) in [4.78, 5) is 26.8. The van der Waals surface area contributed by atoms with E-state index in [-0.39, 0.29) is 11.8 Å². The van der Waals surface area contributed by atoms with Crippen molar-refractivity contribution in [1.29, 1.82) is 0 Å². The molecule has 0 fully saturated rings. The van der Waals surface area contributed by atoms with Gasteiger partial charge in [-0.3, -0.25) is 14.5 Å². The molecule has 1 atom stereocenters. The number of nitrogens with zero attached hydrogens (tertiary/aromatic N) is 1. The molecular formula is C22H18ClN3O2. The van der Waals surface area contributed by atoms with Crippen molar-refractivity contribution in [2.75, 3.05) is 17.3 Å². The number of halogens is 1. The van der Waals surface area contributed by atoms with E-state index < -0.39 is 6.17 Å². The zero-order valence-electron chi connectivity index (χ0n) is 15.1. The minimum atomic E-state index is -0.431. The van der Waals surface area contributed by atoms with Gasteiger partial charge in [0, 0.05) is 29.0 Å². The predicted molar refractivity (Wildman–Crippen MR) is 111 cm³/mol. The minimum absolute atomic E-state index is 0.114. The lowest BCUT2D eigenvalue weighted by atomic mass is 10.0. The Morgan fingerprint density at radius 2 is 1.79 bits per heavy atom. The molecule has 0 saturated heterocycles. The van der Waals surface area contributed by atoms with Gasteiger partial charge in [0.1, 0.15) is 6.17 Å². The summed E-state index contributed by atoms with van der Waals surface area (Å²) < 4.78 is 0. The lowest BCUT2D eigenvalue weighted by Gasteiger charge is -2.38. The number of carbonyl (C=O) groups excluding carboxylic acids is 2. The van der Waals surface area contributed by atoms with Gasteiger partial charge in [-0.2, -0.15) is 0 Å². The first-order chi connectivity index (χ1) is 13.6. The van der Waals surface area contributed by atoms with Crippen molar-refractivity contribution in [3.05, 3.63) is 94.5 Å². The van der Waals surface area contributed by atoms with Crippen LogP contribution in [0.5, 0.6) is 0 Å². The number of hydrogen-bond donors (Lipinski definition) is 2. The number of para-hydroxylation sites is 1. The predicted octanol–water partition coefficient (Wildman–Crippen LogP) is 4.47. The van der Waals surface area contributed by atoms with Crippen molar-refractivity contribution >= 4 is 34.8 Å². The molecule has 0 aromatic heterocycles. The van der Waals surface area contributed by atoms with E-state index in [1.54, 1.807) is 42.3 Å². The van der Waals surface area contributed by atoms with Crippen LogP contribution in [0.3, 0.4) is 0 Å². The molecule has 6 heteroatoms. The van der Waals surface area contributed by atoms with Crippen LogP contribution in [0.4, 0.5) is 11.4 Å². The molecule has 3 aromatic rings. The van der Waals surface area contributed by atoms with Gasteiger partial charge >= 0.3 is 0 Å². The van der Waals surface area contributed by atoms with E-state index in [4.69, 9.17) is 11.6 Å². The Kier molecular flexibility index (Phi) is 4.75. The van der Waals surface area contributed by atoms with E-state index in [2.05, 4.69) is 10.6 Å². The van der Waals surface area contributed by atoms with E-state index in [1.165, 1.54) is 0 Å². The summed E-state index contributed by atoms with van der Waals surface area (Å²) in [6.45, 7) is 0. The molecule has 2 N–H and O–H groups in total. The smallest absolute Gasteiger partial charge is 0.262 e. The maximum atomic E-state index is 13.3. The number of nitrogens with one attached hydrogen (secondary N) is 2. The summed E-state index contributed by atoms with van der Waals surface area (Å²) in [5.74, 6) is -0.270. The maximum Gasteiger partial charge on any atom is 0.262 e. The minimum Gasteiger partial charge on any atom is -0.360 e. The molecule has 0 bridgehead atoms. The van der Waals surface area contributed by atoms with Gasteiger partial charge in [-0.25, -0.2) is 0 Å². The summed E-state index contributed by atoms with van der Waals surface area (Å²) in [5, 5.41) is 6.60. The average molecular weight is 392 g/mol. The monoisotopic (exact) mass is 391 g/mol. The second kappa shape index (κ2) is 7.37. The molecule has 0 spiro atoms. The third kappa shape index (κ3) is 3.21. The highest BCUT2D eigenvalue weighted by Gasteiger charge is 2.34. The Bertz CT molecular complexity index is 1050. The zero-order valence-corrected chi connectivity index (χ0v) is 15.9. The summed E-state index contributed by atoms with van der Waals surface area (Å²) in [6, 6.07) is 21.8. The van der Waals surface area contributed by atoms with Crippen LogP contribution in [0.25, 0.3) is 0 Å². The lowest BCUT2D eigenvalue weighted by molar-refractivity contribution is 0.0958. The van der Waals surface area contributed by atoms with Crippen LogP contribution in [0.2, 0.25) is 5.02 Å². The van der Waals surface area contributed by atoms with E-state index in [0.29, 0.717) is 21.8 Å². The molecule has 0 radical (unpaired) electrons. The molecule has 28 heavy (non-hydrogen) atoms. The lowest BCUT2D eigenvalue weighted by Crippen LogP contribution is -2.43. The number of benzene rings is 3. The van der Waals surface area contributed by atoms with Gasteiger partial charge in [0.2, 0.25) is 0 Å². The van der Waals surface area contributed by atoms with Crippen molar-refractivity contribution < 1.29 is 9.59 Å². The molecule has 1 aliphatic rings. The first-order valence-electron chi connectivity index (χ1n) is 8.85. The molecule has 140 valence electrons. The Labute approximate surface area is 167 Å². The van der Waals surface area contributed by atoms with Crippen LogP contribution < -0.4 is 15.5 Å². The van der Waals surface area contributed by atoms with Crippen LogP contribution in [-0.4, -0.2) is 18.9 Å². The summed E-state index contributed by atoms with van der Waals surface area (Å²) in [7, 11) is 1.59. The highest BCUT2D eigenvalue weighted by Crippen LogP contribution is 2.37. The molecule has 0 saturated carbocycles. The highest BCUT2D eigenvalue weighted by molar-refractivity contribution is 6.31. The van der Waals surface area contributed by atoms with Crippen molar-refractivity contribution in [2.45, 2.75) is 6.17 Å². The third-order valence-corrected chi connectivity index (χ3v) is 4.96. The van der Waals surface area contributed by atoms with E-state index in [0.717, 1.165) is 11.3 Å². The highest BCUT2D eigenvalue weighted by atomic mass is 35.5. The molecule has 4 rings (SSSR count). The van der Waals surface area contributed by atoms with Crippen molar-refractivity contribution in [3.8, 4) is 0 Å². The quantitative estimate of drug-likeness (QED) is 0.692. The zero-order chi connectivity index (χ0) is 19.7. The van der Waals surface area contributed by atoms with Gasteiger partial charge in [-0.05, 0) is 48.0 Å². The largest absolute Gasteiger partial charge is 0.360 e. The number of fused-ring (bicyclic) bond motifs is 1. The summed E-state index contributed by atoms with van der Waals surface area (Å²) >= 11 is 6.17. The topological polar surface area (TPSA) is 61.4 Å². The standard InChI is InChI=1S/C22H18ClN3O2/c1-24-21(27)15-11-9-14(10-12-15)20-25-19-8-3-2-7-18(19)22(28)26(20)17-6-4-5-16(23)13-17/h2-13,20,25H,1H3,(H,24,27). The molecule has 0 aliphatic carbocycles. The summed E-state index contributed by atoms with van der Waals surface area (Å²) in [6.07, 6.45) is -0.431. The fourth-order valence-corrected chi connectivity index (χ4v) is 3.52. The first kappa shape index (κ1) is 18.1. The fourth-order valence-electron chi connectivity index (χ4n) is 3.34. The number of hydrogen-bond acceptors (Lipinski definition) is 3.